The Morgan fingerprint density at radius 1 is 0.923 bits per heavy atom. The maximum absolute atomic E-state index is 12.2. The Labute approximate surface area is 157 Å². The Hall–Kier alpha value is -3.00. The highest BCUT2D eigenvalue weighted by Gasteiger charge is 2.13. The molecule has 3 rings (SSSR count). The second kappa shape index (κ2) is 7.49. The predicted molar refractivity (Wildman–Crippen MR) is 100 cm³/mol. The van der Waals surface area contributed by atoms with Crippen molar-refractivity contribution >= 4 is 38.6 Å². The Bertz CT molecular complexity index is 984. The van der Waals surface area contributed by atoms with E-state index < -0.39 is 11.8 Å². The van der Waals surface area contributed by atoms with Crippen molar-refractivity contribution in [1.82, 2.24) is 15.8 Å². The fourth-order valence-corrected chi connectivity index (χ4v) is 2.84. The number of hydrogen-bond donors (Lipinski definition) is 3. The van der Waals surface area contributed by atoms with Gasteiger partial charge in [-0.15, -0.1) is 0 Å². The van der Waals surface area contributed by atoms with Crippen molar-refractivity contribution in [2.75, 3.05) is 14.2 Å². The van der Waals surface area contributed by atoms with E-state index in [-0.39, 0.29) is 0 Å². The molecule has 0 unspecified atom stereocenters. The molecule has 0 bridgehead atoms. The van der Waals surface area contributed by atoms with Crippen molar-refractivity contribution in [2.24, 2.45) is 0 Å². The van der Waals surface area contributed by atoms with Gasteiger partial charge in [-0.05, 0) is 42.5 Å². The lowest BCUT2D eigenvalue weighted by Gasteiger charge is -2.10. The van der Waals surface area contributed by atoms with Gasteiger partial charge in [-0.2, -0.15) is 0 Å². The van der Waals surface area contributed by atoms with Gasteiger partial charge in [0.15, 0.2) is 11.5 Å². The summed E-state index contributed by atoms with van der Waals surface area (Å²) in [4.78, 5) is 27.5. The molecule has 3 aromatic rings. The van der Waals surface area contributed by atoms with Crippen molar-refractivity contribution in [2.45, 2.75) is 0 Å². The van der Waals surface area contributed by atoms with Crippen LogP contribution in [0, 0.1) is 0 Å². The molecule has 0 saturated carbocycles. The quantitative estimate of drug-likeness (QED) is 0.568. The third-order valence-electron chi connectivity index (χ3n) is 3.76. The fourth-order valence-electron chi connectivity index (χ4n) is 2.46. The number of aromatic nitrogens is 1. The topological polar surface area (TPSA) is 92.5 Å². The van der Waals surface area contributed by atoms with Crippen LogP contribution < -0.4 is 20.3 Å². The molecule has 2 amide bonds. The molecule has 7 nitrogen and oxygen atoms in total. The van der Waals surface area contributed by atoms with Gasteiger partial charge in [0.05, 0.1) is 14.2 Å². The lowest BCUT2D eigenvalue weighted by molar-refractivity contribution is 0.0844. The van der Waals surface area contributed by atoms with Gasteiger partial charge in [0.2, 0.25) is 0 Å². The number of aromatic amines is 1. The summed E-state index contributed by atoms with van der Waals surface area (Å²) in [6.07, 6.45) is 0. The minimum Gasteiger partial charge on any atom is -0.493 e. The van der Waals surface area contributed by atoms with E-state index in [4.69, 9.17) is 9.47 Å². The number of benzene rings is 2. The second-order valence-electron chi connectivity index (χ2n) is 5.39. The molecule has 0 radical (unpaired) electrons. The minimum absolute atomic E-state index is 0.323. The molecule has 0 atom stereocenters. The fraction of sp³-hybridized carbons (Fsp3) is 0.111. The van der Waals surface area contributed by atoms with E-state index in [1.54, 1.807) is 18.2 Å². The first-order chi connectivity index (χ1) is 12.5. The van der Waals surface area contributed by atoms with Crippen molar-refractivity contribution in [3.63, 3.8) is 0 Å². The van der Waals surface area contributed by atoms with Crippen LogP contribution in [0.25, 0.3) is 10.9 Å². The van der Waals surface area contributed by atoms with Crippen LogP contribution in [0.1, 0.15) is 20.8 Å². The van der Waals surface area contributed by atoms with E-state index in [2.05, 4.69) is 31.8 Å². The van der Waals surface area contributed by atoms with Crippen molar-refractivity contribution in [3.05, 3.63) is 58.2 Å². The van der Waals surface area contributed by atoms with E-state index in [0.29, 0.717) is 22.8 Å². The second-order valence-corrected chi connectivity index (χ2v) is 6.31. The highest BCUT2D eigenvalue weighted by atomic mass is 79.9. The molecular weight excluding hydrogens is 402 g/mol. The first-order valence-corrected chi connectivity index (χ1v) is 8.42. The standard InChI is InChI=1S/C18H16BrN3O4/c1-25-15-6-3-10(9-16(15)26-2)17(23)21-22-18(24)14-8-11-7-12(19)4-5-13(11)20-14/h3-9,20H,1-2H3,(H,21,23)(H,22,24). The molecule has 134 valence electrons. The maximum atomic E-state index is 12.2. The number of hydrazine groups is 1. The largest absolute Gasteiger partial charge is 0.493 e. The summed E-state index contributed by atoms with van der Waals surface area (Å²) in [5.41, 5.74) is 6.25. The van der Waals surface area contributed by atoms with E-state index in [1.165, 1.54) is 20.3 Å². The predicted octanol–water partition coefficient (Wildman–Crippen LogP) is 3.02. The number of carbonyl (C=O) groups excluding carboxylic acids is 2. The normalized spacial score (nSPS) is 10.4. The molecule has 0 aliphatic rings. The van der Waals surface area contributed by atoms with E-state index in [0.717, 1.165) is 15.4 Å². The van der Waals surface area contributed by atoms with E-state index in [1.807, 2.05) is 18.2 Å². The zero-order chi connectivity index (χ0) is 18.7. The summed E-state index contributed by atoms with van der Waals surface area (Å²) < 4.78 is 11.2. The average Bonchev–Trinajstić information content (AvgIpc) is 3.08. The lowest BCUT2D eigenvalue weighted by Crippen LogP contribution is -2.41. The van der Waals surface area contributed by atoms with Gasteiger partial charge in [-0.1, -0.05) is 15.9 Å². The molecule has 1 heterocycles. The van der Waals surface area contributed by atoms with Gasteiger partial charge in [0.25, 0.3) is 11.8 Å². The molecule has 26 heavy (non-hydrogen) atoms. The van der Waals surface area contributed by atoms with Crippen molar-refractivity contribution < 1.29 is 19.1 Å². The first kappa shape index (κ1) is 17.8. The highest BCUT2D eigenvalue weighted by molar-refractivity contribution is 9.10. The van der Waals surface area contributed by atoms with Gasteiger partial charge in [-0.25, -0.2) is 0 Å². The van der Waals surface area contributed by atoms with Gasteiger partial charge >= 0.3 is 0 Å². The number of halogens is 1. The Morgan fingerprint density at radius 3 is 2.38 bits per heavy atom. The van der Waals surface area contributed by atoms with Gasteiger partial charge < -0.3 is 14.5 Å². The van der Waals surface area contributed by atoms with Gasteiger partial charge in [0.1, 0.15) is 5.69 Å². The molecule has 1 aromatic heterocycles. The van der Waals surface area contributed by atoms with Crippen LogP contribution in [-0.4, -0.2) is 31.0 Å². The molecule has 3 N–H and O–H groups in total. The lowest BCUT2D eigenvalue weighted by atomic mass is 10.2. The summed E-state index contributed by atoms with van der Waals surface area (Å²) in [7, 11) is 2.99. The zero-order valence-electron chi connectivity index (χ0n) is 14.1. The average molecular weight is 418 g/mol. The van der Waals surface area contributed by atoms with E-state index >= 15 is 0 Å². The summed E-state index contributed by atoms with van der Waals surface area (Å²) in [6.45, 7) is 0. The smallest absolute Gasteiger partial charge is 0.286 e. The number of nitrogens with one attached hydrogen (secondary N) is 3. The summed E-state index contributed by atoms with van der Waals surface area (Å²) >= 11 is 3.39. The summed E-state index contributed by atoms with van der Waals surface area (Å²) in [5, 5.41) is 0.885. The molecule has 2 aromatic carbocycles. The van der Waals surface area contributed by atoms with Crippen LogP contribution >= 0.6 is 15.9 Å². The van der Waals surface area contributed by atoms with E-state index in [9.17, 15) is 9.59 Å². The number of H-pyrrole nitrogens is 1. The number of methoxy groups -OCH3 is 2. The van der Waals surface area contributed by atoms with Crippen LogP contribution in [0.4, 0.5) is 0 Å². The Morgan fingerprint density at radius 2 is 1.65 bits per heavy atom. The number of carbonyl (C=O) groups is 2. The number of amides is 2. The van der Waals surface area contributed by atoms with Crippen LogP contribution in [0.2, 0.25) is 0 Å². The number of hydrogen-bond acceptors (Lipinski definition) is 4. The molecule has 0 aliphatic heterocycles. The molecule has 0 fully saturated rings. The third-order valence-corrected chi connectivity index (χ3v) is 4.26. The van der Waals surface area contributed by atoms with Crippen LogP contribution in [0.15, 0.2) is 46.9 Å². The first-order valence-electron chi connectivity index (χ1n) is 7.63. The molecular formula is C18H16BrN3O4. The molecule has 0 spiro atoms. The third kappa shape index (κ3) is 3.65. The maximum Gasteiger partial charge on any atom is 0.286 e. The molecule has 0 saturated heterocycles. The van der Waals surface area contributed by atoms with Crippen LogP contribution in [-0.2, 0) is 0 Å². The zero-order valence-corrected chi connectivity index (χ0v) is 15.6. The monoisotopic (exact) mass is 417 g/mol. The molecule has 8 heteroatoms. The van der Waals surface area contributed by atoms with Crippen molar-refractivity contribution in [1.29, 1.82) is 0 Å². The highest BCUT2D eigenvalue weighted by Crippen LogP contribution is 2.27. The van der Waals surface area contributed by atoms with Crippen molar-refractivity contribution in [3.8, 4) is 11.5 Å². The Kier molecular flexibility index (Phi) is 5.13. The molecule has 0 aliphatic carbocycles. The summed E-state index contributed by atoms with van der Waals surface area (Å²) in [6, 6.07) is 12.1. The Balaban J connectivity index is 1.69. The van der Waals surface area contributed by atoms with Gasteiger partial charge in [-0.3, -0.25) is 20.4 Å². The van der Waals surface area contributed by atoms with Crippen LogP contribution in [0.3, 0.4) is 0 Å². The summed E-state index contributed by atoms with van der Waals surface area (Å²) in [5.74, 6) is 0.00861. The SMILES string of the molecule is COc1ccc(C(=O)NNC(=O)c2cc3cc(Br)ccc3[nH]2)cc1OC. The van der Waals surface area contributed by atoms with Gasteiger partial charge in [0, 0.05) is 20.9 Å². The van der Waals surface area contributed by atoms with Crippen LogP contribution in [0.5, 0.6) is 11.5 Å². The number of ether oxygens (including phenoxy) is 2. The number of fused-ring (bicyclic) bond motifs is 1. The minimum atomic E-state index is -0.474. The number of rotatable bonds is 4.